The molecule has 1 rings (SSSR count). The first-order valence-corrected chi connectivity index (χ1v) is 4.39. The maximum atomic E-state index is 12.1. The van der Waals surface area contributed by atoms with E-state index in [1.807, 2.05) is 0 Å². The minimum absolute atomic E-state index is 0.0122. The Kier molecular flexibility index (Phi) is 3.36. The van der Waals surface area contributed by atoms with Crippen molar-refractivity contribution in [2.45, 2.75) is 25.6 Å². The molecule has 0 aromatic carbocycles. The van der Waals surface area contributed by atoms with Gasteiger partial charge >= 0.3 is 12.1 Å². The van der Waals surface area contributed by atoms with Gasteiger partial charge in [-0.2, -0.15) is 13.2 Å². The van der Waals surface area contributed by atoms with Gasteiger partial charge in [-0.05, 0) is 13.3 Å². The molecule has 0 spiro atoms. The predicted octanol–water partition coefficient (Wildman–Crippen LogP) is 1.19. The number of rotatable bonds is 0. The minimum atomic E-state index is -4.77. The standard InChI is InChI=1S/C8H12F3NO2/c1-6-5-12(3-2-4-14-6)7(13)8(9,10)11/h6H,2-5H2,1H3. The average Bonchev–Trinajstić information content (AvgIpc) is 2.26. The van der Waals surface area contributed by atoms with Crippen LogP contribution in [0.5, 0.6) is 0 Å². The molecule has 1 atom stereocenters. The van der Waals surface area contributed by atoms with Crippen molar-refractivity contribution >= 4 is 5.91 Å². The van der Waals surface area contributed by atoms with E-state index >= 15 is 0 Å². The lowest BCUT2D eigenvalue weighted by molar-refractivity contribution is -0.185. The average molecular weight is 211 g/mol. The SMILES string of the molecule is CC1CN(C(=O)C(F)(F)F)CCCO1. The molecule has 0 saturated carbocycles. The first-order chi connectivity index (χ1) is 6.41. The fourth-order valence-corrected chi connectivity index (χ4v) is 1.36. The Morgan fingerprint density at radius 1 is 1.50 bits per heavy atom. The number of alkyl halides is 3. The molecule has 0 bridgehead atoms. The van der Waals surface area contributed by atoms with Gasteiger partial charge in [0.25, 0.3) is 0 Å². The Morgan fingerprint density at radius 3 is 2.71 bits per heavy atom. The molecule has 82 valence electrons. The summed E-state index contributed by atoms with van der Waals surface area (Å²) in [6.07, 6.45) is -4.65. The van der Waals surface area contributed by atoms with Crippen LogP contribution in [0.2, 0.25) is 0 Å². The first kappa shape index (κ1) is 11.3. The smallest absolute Gasteiger partial charge is 0.377 e. The number of nitrogens with zero attached hydrogens (tertiary/aromatic N) is 1. The molecular weight excluding hydrogens is 199 g/mol. The second-order valence-electron chi connectivity index (χ2n) is 3.28. The lowest BCUT2D eigenvalue weighted by Gasteiger charge is -2.22. The Hall–Kier alpha value is -0.780. The summed E-state index contributed by atoms with van der Waals surface area (Å²) in [4.78, 5) is 11.7. The van der Waals surface area contributed by atoms with Crippen molar-refractivity contribution in [2.75, 3.05) is 19.7 Å². The third kappa shape index (κ3) is 2.87. The van der Waals surface area contributed by atoms with Gasteiger partial charge in [0.15, 0.2) is 0 Å². The van der Waals surface area contributed by atoms with E-state index in [9.17, 15) is 18.0 Å². The Balaban J connectivity index is 2.62. The number of carbonyl (C=O) groups excluding carboxylic acids is 1. The molecule has 1 fully saturated rings. The van der Waals surface area contributed by atoms with Gasteiger partial charge in [-0.15, -0.1) is 0 Å². The highest BCUT2D eigenvalue weighted by Crippen LogP contribution is 2.20. The highest BCUT2D eigenvalue weighted by atomic mass is 19.4. The molecular formula is C8H12F3NO2. The van der Waals surface area contributed by atoms with Gasteiger partial charge in [0.1, 0.15) is 0 Å². The molecule has 1 aliphatic rings. The monoisotopic (exact) mass is 211 g/mol. The number of hydrogen-bond donors (Lipinski definition) is 0. The number of ether oxygens (including phenoxy) is 1. The quantitative estimate of drug-likeness (QED) is 0.602. The van der Waals surface area contributed by atoms with Crippen LogP contribution >= 0.6 is 0 Å². The molecule has 1 aliphatic heterocycles. The van der Waals surface area contributed by atoms with E-state index in [1.54, 1.807) is 6.92 Å². The van der Waals surface area contributed by atoms with Crippen LogP contribution in [0.25, 0.3) is 0 Å². The maximum Gasteiger partial charge on any atom is 0.471 e. The topological polar surface area (TPSA) is 29.5 Å². The van der Waals surface area contributed by atoms with Gasteiger partial charge in [-0.3, -0.25) is 4.79 Å². The molecule has 0 radical (unpaired) electrons. The summed E-state index contributed by atoms with van der Waals surface area (Å²) in [6, 6.07) is 0. The summed E-state index contributed by atoms with van der Waals surface area (Å²) in [7, 11) is 0. The molecule has 1 amide bonds. The zero-order chi connectivity index (χ0) is 10.8. The van der Waals surface area contributed by atoms with Gasteiger partial charge in [-0.25, -0.2) is 0 Å². The molecule has 1 heterocycles. The molecule has 0 aromatic heterocycles. The third-order valence-electron chi connectivity index (χ3n) is 1.98. The zero-order valence-corrected chi connectivity index (χ0v) is 7.80. The van der Waals surface area contributed by atoms with Gasteiger partial charge < -0.3 is 9.64 Å². The number of hydrogen-bond acceptors (Lipinski definition) is 2. The summed E-state index contributed by atoms with van der Waals surface area (Å²) in [5.74, 6) is -1.77. The van der Waals surface area contributed by atoms with Crippen molar-refractivity contribution in [3.05, 3.63) is 0 Å². The summed E-state index contributed by atoms with van der Waals surface area (Å²) < 4.78 is 41.3. The Morgan fingerprint density at radius 2 is 2.14 bits per heavy atom. The maximum absolute atomic E-state index is 12.1. The van der Waals surface area contributed by atoms with Crippen LogP contribution in [0.1, 0.15) is 13.3 Å². The summed E-state index contributed by atoms with van der Waals surface area (Å²) in [6.45, 7) is 2.19. The van der Waals surface area contributed by atoms with Crippen LogP contribution in [-0.2, 0) is 9.53 Å². The van der Waals surface area contributed by atoms with E-state index in [0.29, 0.717) is 13.0 Å². The van der Waals surface area contributed by atoms with Crippen molar-refractivity contribution in [1.29, 1.82) is 0 Å². The van der Waals surface area contributed by atoms with Crippen LogP contribution in [0.3, 0.4) is 0 Å². The Bertz CT molecular complexity index is 217. The van der Waals surface area contributed by atoms with E-state index in [0.717, 1.165) is 4.90 Å². The zero-order valence-electron chi connectivity index (χ0n) is 7.80. The first-order valence-electron chi connectivity index (χ1n) is 4.39. The van der Waals surface area contributed by atoms with E-state index in [-0.39, 0.29) is 19.2 Å². The minimum Gasteiger partial charge on any atom is -0.377 e. The largest absolute Gasteiger partial charge is 0.471 e. The number of carbonyl (C=O) groups is 1. The van der Waals surface area contributed by atoms with Crippen molar-refractivity contribution < 1.29 is 22.7 Å². The van der Waals surface area contributed by atoms with Gasteiger partial charge in [-0.1, -0.05) is 0 Å². The lowest BCUT2D eigenvalue weighted by Crippen LogP contribution is -2.43. The van der Waals surface area contributed by atoms with E-state index < -0.39 is 12.1 Å². The third-order valence-corrected chi connectivity index (χ3v) is 1.98. The second-order valence-corrected chi connectivity index (χ2v) is 3.28. The van der Waals surface area contributed by atoms with Crippen LogP contribution < -0.4 is 0 Å². The fourth-order valence-electron chi connectivity index (χ4n) is 1.36. The molecule has 0 N–H and O–H groups in total. The van der Waals surface area contributed by atoms with Crippen molar-refractivity contribution in [1.82, 2.24) is 4.90 Å². The van der Waals surface area contributed by atoms with Crippen molar-refractivity contribution in [2.24, 2.45) is 0 Å². The van der Waals surface area contributed by atoms with Crippen molar-refractivity contribution in [3.8, 4) is 0 Å². The van der Waals surface area contributed by atoms with Gasteiger partial charge in [0.05, 0.1) is 6.10 Å². The van der Waals surface area contributed by atoms with Gasteiger partial charge in [0, 0.05) is 19.7 Å². The normalized spacial score (nSPS) is 24.6. The summed E-state index contributed by atoms with van der Waals surface area (Å²) >= 11 is 0. The van der Waals surface area contributed by atoms with Crippen molar-refractivity contribution in [3.63, 3.8) is 0 Å². The number of halogens is 3. The second kappa shape index (κ2) is 4.16. The molecule has 14 heavy (non-hydrogen) atoms. The molecule has 1 saturated heterocycles. The summed E-state index contributed by atoms with van der Waals surface area (Å²) in [5.41, 5.74) is 0. The summed E-state index contributed by atoms with van der Waals surface area (Å²) in [5, 5.41) is 0. The van der Waals surface area contributed by atoms with Crippen LogP contribution in [0.4, 0.5) is 13.2 Å². The molecule has 0 aliphatic carbocycles. The fraction of sp³-hybridized carbons (Fsp3) is 0.875. The van der Waals surface area contributed by atoms with Crippen LogP contribution in [0.15, 0.2) is 0 Å². The highest BCUT2D eigenvalue weighted by Gasteiger charge is 2.42. The molecule has 6 heteroatoms. The highest BCUT2D eigenvalue weighted by molar-refractivity contribution is 5.81. The van der Waals surface area contributed by atoms with E-state index in [1.165, 1.54) is 0 Å². The predicted molar refractivity (Wildman–Crippen MR) is 42.7 cm³/mol. The Labute approximate surface area is 79.8 Å². The van der Waals surface area contributed by atoms with Crippen LogP contribution in [0, 0.1) is 0 Å². The van der Waals surface area contributed by atoms with E-state index in [4.69, 9.17) is 4.74 Å². The molecule has 3 nitrogen and oxygen atoms in total. The lowest BCUT2D eigenvalue weighted by atomic mass is 10.3. The molecule has 1 unspecified atom stereocenters. The van der Waals surface area contributed by atoms with Crippen LogP contribution in [-0.4, -0.2) is 42.8 Å². The van der Waals surface area contributed by atoms with Gasteiger partial charge in [0.2, 0.25) is 0 Å². The van der Waals surface area contributed by atoms with E-state index in [2.05, 4.69) is 0 Å². The molecule has 0 aromatic rings. The number of amides is 1.